The van der Waals surface area contributed by atoms with Crippen LogP contribution >= 0.6 is 0 Å². The molecule has 0 aromatic heterocycles. The molecule has 48 heavy (non-hydrogen) atoms. The second-order valence-electron chi connectivity index (χ2n) is 18.8. The number of ether oxygens (including phenoxy) is 4. The molecular weight excluding hydrogens is 634 g/mol. The van der Waals surface area contributed by atoms with Crippen LogP contribution in [-0.2, 0) is 33.8 Å². The number of morpholine rings is 1. The predicted molar refractivity (Wildman–Crippen MR) is 179 cm³/mol. The van der Waals surface area contributed by atoms with Crippen molar-refractivity contribution in [3.8, 4) is 0 Å². The van der Waals surface area contributed by atoms with Gasteiger partial charge in [0.25, 0.3) is 0 Å². The first-order chi connectivity index (χ1) is 22.1. The van der Waals surface area contributed by atoms with E-state index in [1.807, 2.05) is 0 Å². The molecule has 0 bridgehead atoms. The van der Waals surface area contributed by atoms with Crippen LogP contribution in [0.4, 0.5) is 0 Å². The fourth-order valence-electron chi connectivity index (χ4n) is 13.8. The molecule has 5 aliphatic carbocycles. The molecule has 2 aliphatic heterocycles. The SMILES string of the molecule is CC(=O)O[C@@H]([C@H]1C[C@@H](C)C2[C@H](O1)[C@H](O)[C@@]1(C)[C@@H]3CC[C@H]4C(C)(C)[C@@H](O[C@H]5CN(S(C)(=O)=O)CCO5)CC[C@@]45C[C@@]35CC[C@]21C)C(C)(C)O. The van der Waals surface area contributed by atoms with E-state index in [0.29, 0.717) is 31.4 Å². The zero-order valence-electron chi connectivity index (χ0n) is 30.7. The van der Waals surface area contributed by atoms with Crippen molar-refractivity contribution in [3.05, 3.63) is 0 Å². The topological polar surface area (TPSA) is 132 Å². The molecule has 1 unspecified atom stereocenters. The number of carbonyl (C=O) groups is 1. The van der Waals surface area contributed by atoms with E-state index in [1.54, 1.807) is 13.8 Å². The highest BCUT2D eigenvalue weighted by Gasteiger charge is 2.84. The van der Waals surface area contributed by atoms with E-state index < -0.39 is 46.2 Å². The van der Waals surface area contributed by atoms with Crippen LogP contribution in [0, 0.1) is 50.7 Å². The van der Waals surface area contributed by atoms with Crippen molar-refractivity contribution >= 4 is 16.0 Å². The summed E-state index contributed by atoms with van der Waals surface area (Å²) in [5.41, 5.74) is -1.39. The number of nitrogens with zero attached hydrogens (tertiary/aromatic N) is 1. The molecule has 274 valence electrons. The van der Waals surface area contributed by atoms with Crippen LogP contribution in [-0.4, -0.2) is 97.3 Å². The van der Waals surface area contributed by atoms with E-state index >= 15 is 0 Å². The molecule has 7 rings (SSSR count). The first-order valence-electron chi connectivity index (χ1n) is 18.6. The third-order valence-corrected chi connectivity index (χ3v) is 17.1. The van der Waals surface area contributed by atoms with Crippen LogP contribution in [0.15, 0.2) is 0 Å². The fourth-order valence-corrected chi connectivity index (χ4v) is 14.6. The minimum absolute atomic E-state index is 0.0108. The summed E-state index contributed by atoms with van der Waals surface area (Å²) in [5, 5.41) is 23.6. The van der Waals surface area contributed by atoms with Gasteiger partial charge in [0.2, 0.25) is 10.0 Å². The number of hydrogen-bond donors (Lipinski definition) is 2. The highest BCUT2D eigenvalue weighted by molar-refractivity contribution is 7.88. The number of aliphatic hydroxyl groups excluding tert-OH is 1. The van der Waals surface area contributed by atoms with Crippen molar-refractivity contribution in [2.75, 3.05) is 26.0 Å². The predicted octanol–water partition coefficient (Wildman–Crippen LogP) is 4.51. The summed E-state index contributed by atoms with van der Waals surface area (Å²) in [6.07, 6.45) is 6.62. The summed E-state index contributed by atoms with van der Waals surface area (Å²) in [6, 6.07) is 0. The van der Waals surface area contributed by atoms with Gasteiger partial charge in [-0.1, -0.05) is 34.6 Å². The van der Waals surface area contributed by atoms with Crippen molar-refractivity contribution in [2.24, 2.45) is 50.7 Å². The van der Waals surface area contributed by atoms with Gasteiger partial charge in [-0.25, -0.2) is 8.42 Å². The van der Waals surface area contributed by atoms with Gasteiger partial charge in [0.1, 0.15) is 0 Å². The van der Waals surface area contributed by atoms with Crippen molar-refractivity contribution < 1.29 is 42.4 Å². The fraction of sp³-hybridized carbons (Fsp3) is 0.973. The Morgan fingerprint density at radius 1 is 1.04 bits per heavy atom. The number of hydrogen-bond acceptors (Lipinski definition) is 9. The van der Waals surface area contributed by atoms with Crippen LogP contribution in [0.3, 0.4) is 0 Å². The van der Waals surface area contributed by atoms with Crippen molar-refractivity contribution in [1.29, 1.82) is 0 Å². The largest absolute Gasteiger partial charge is 0.457 e. The highest BCUT2D eigenvalue weighted by atomic mass is 32.2. The summed E-state index contributed by atoms with van der Waals surface area (Å²) < 4.78 is 51.1. The number of esters is 1. The third kappa shape index (κ3) is 4.83. The zero-order valence-corrected chi connectivity index (χ0v) is 31.5. The van der Waals surface area contributed by atoms with E-state index in [1.165, 1.54) is 30.3 Å². The Hall–Kier alpha value is -0.820. The van der Waals surface area contributed by atoms with E-state index in [0.717, 1.165) is 32.1 Å². The lowest BCUT2D eigenvalue weighted by Crippen LogP contribution is -2.60. The summed E-state index contributed by atoms with van der Waals surface area (Å²) in [4.78, 5) is 12.1. The van der Waals surface area contributed by atoms with Crippen LogP contribution in [0.25, 0.3) is 0 Å². The number of rotatable bonds is 6. The van der Waals surface area contributed by atoms with Crippen LogP contribution in [0.5, 0.6) is 0 Å². The summed E-state index contributed by atoms with van der Waals surface area (Å²) in [5.74, 6) is 0.844. The second kappa shape index (κ2) is 11.1. The molecule has 2 spiro atoms. The molecule has 2 heterocycles. The van der Waals surface area contributed by atoms with E-state index in [2.05, 4.69) is 34.6 Å². The Morgan fingerprint density at radius 3 is 2.35 bits per heavy atom. The Balaban J connectivity index is 1.13. The normalized spacial score (nSPS) is 50.6. The molecule has 2 saturated heterocycles. The van der Waals surface area contributed by atoms with Crippen LogP contribution in [0.2, 0.25) is 0 Å². The van der Waals surface area contributed by atoms with Gasteiger partial charge >= 0.3 is 5.97 Å². The Bertz CT molecular complexity index is 1410. The van der Waals surface area contributed by atoms with Crippen molar-refractivity contribution in [3.63, 3.8) is 0 Å². The summed E-state index contributed by atoms with van der Waals surface area (Å²) >= 11 is 0. The number of carbonyl (C=O) groups excluding carboxylic acids is 1. The van der Waals surface area contributed by atoms with E-state index in [4.69, 9.17) is 18.9 Å². The van der Waals surface area contributed by atoms with Crippen LogP contribution < -0.4 is 0 Å². The lowest BCUT2D eigenvalue weighted by atomic mass is 9.41. The first-order valence-corrected chi connectivity index (χ1v) is 20.4. The number of fused-ring (bicyclic) bond motifs is 4. The molecule has 14 atom stereocenters. The Labute approximate surface area is 288 Å². The molecule has 11 heteroatoms. The summed E-state index contributed by atoms with van der Waals surface area (Å²) in [7, 11) is -3.30. The zero-order chi connectivity index (χ0) is 35.0. The Morgan fingerprint density at radius 2 is 1.71 bits per heavy atom. The van der Waals surface area contributed by atoms with E-state index in [-0.39, 0.29) is 57.7 Å². The van der Waals surface area contributed by atoms with E-state index in [9.17, 15) is 23.4 Å². The maximum atomic E-state index is 12.5. The van der Waals surface area contributed by atoms with Gasteiger partial charge < -0.3 is 29.2 Å². The minimum Gasteiger partial charge on any atom is -0.457 e. The molecule has 7 aliphatic rings. The Kier molecular flexibility index (Phi) is 8.22. The molecule has 2 N–H and O–H groups in total. The lowest BCUT2D eigenvalue weighted by molar-refractivity contribution is -0.243. The highest BCUT2D eigenvalue weighted by Crippen LogP contribution is 2.89. The first kappa shape index (κ1) is 35.6. The molecule has 7 fully saturated rings. The van der Waals surface area contributed by atoms with Gasteiger partial charge in [-0.2, -0.15) is 4.31 Å². The van der Waals surface area contributed by atoms with Crippen LogP contribution in [0.1, 0.15) is 107 Å². The average Bonchev–Trinajstić information content (AvgIpc) is 3.61. The number of sulfonamides is 1. The smallest absolute Gasteiger partial charge is 0.303 e. The second-order valence-corrected chi connectivity index (χ2v) is 20.8. The van der Waals surface area contributed by atoms with Gasteiger partial charge in [0.05, 0.1) is 49.4 Å². The van der Waals surface area contributed by atoms with Gasteiger partial charge in [-0.15, -0.1) is 0 Å². The number of aliphatic hydroxyl groups is 2. The molecule has 0 aromatic carbocycles. The molecular formula is C37H61NO9S. The third-order valence-electron chi connectivity index (χ3n) is 15.9. The van der Waals surface area contributed by atoms with Crippen molar-refractivity contribution in [2.45, 2.75) is 149 Å². The average molecular weight is 696 g/mol. The monoisotopic (exact) mass is 695 g/mol. The quantitative estimate of drug-likeness (QED) is 0.386. The molecule has 0 amide bonds. The lowest BCUT2D eigenvalue weighted by Gasteiger charge is -2.64. The van der Waals surface area contributed by atoms with Gasteiger partial charge in [-0.3, -0.25) is 4.79 Å². The molecule has 5 saturated carbocycles. The molecule has 0 aromatic rings. The summed E-state index contributed by atoms with van der Waals surface area (Å²) in [6.45, 7) is 17.4. The van der Waals surface area contributed by atoms with Gasteiger partial charge in [0, 0.05) is 18.9 Å². The van der Waals surface area contributed by atoms with Gasteiger partial charge in [0.15, 0.2) is 12.4 Å². The minimum atomic E-state index is -3.30. The van der Waals surface area contributed by atoms with Crippen molar-refractivity contribution in [1.82, 2.24) is 4.31 Å². The molecule has 0 radical (unpaired) electrons. The van der Waals surface area contributed by atoms with Gasteiger partial charge in [-0.05, 0) is 111 Å². The maximum absolute atomic E-state index is 12.5. The maximum Gasteiger partial charge on any atom is 0.303 e. The molecule has 10 nitrogen and oxygen atoms in total. The standard InChI is InChI=1S/C37H61NO9S/c1-21-18-23(31(33(5,6)41)45-22(2)39)46-29-28(21)34(7)14-15-37-20-36(37)13-12-26(47-27-19-38(16-17-44-27)48(9,42)43)32(3,4)24(36)10-11-25(37)35(34,8)30(29)40/h21,23-31,40-41H,10-20H2,1-9H3/t21-,23-,24+,25+,26+,27+,28?,29+,30+,31+,34-,35-,36-,37+/m1/s1.